The average molecular weight is 285 g/mol. The number of aliphatic hydroxyl groups excluding tert-OH is 2. The number of carbonyl (C=O) groups excluding carboxylic acids is 1. The first-order chi connectivity index (χ1) is 8.63. The zero-order chi connectivity index (χ0) is 16.0. The van der Waals surface area contributed by atoms with E-state index in [1.165, 1.54) is 0 Å². The quantitative estimate of drug-likeness (QED) is 0.135. The number of nitrogens with one attached hydrogen (secondary N) is 1. The Morgan fingerprint density at radius 1 is 0.947 bits per heavy atom. The van der Waals surface area contributed by atoms with E-state index in [1.54, 1.807) is 5.43 Å². The van der Waals surface area contributed by atoms with Crippen molar-refractivity contribution in [2.75, 3.05) is 13.2 Å². The molecule has 2 amide bonds. The van der Waals surface area contributed by atoms with Crippen molar-refractivity contribution in [2.45, 2.75) is 12.1 Å². The van der Waals surface area contributed by atoms with E-state index < -0.39 is 43.3 Å². The molecule has 2 atom stereocenters. The lowest BCUT2D eigenvalue weighted by molar-refractivity contribution is -0.140. The summed E-state index contributed by atoms with van der Waals surface area (Å²) in [5.41, 5.74) is 15.6. The summed E-state index contributed by atoms with van der Waals surface area (Å²) in [7, 11) is 0. The van der Waals surface area contributed by atoms with Gasteiger partial charge in [0.2, 0.25) is 0 Å². The van der Waals surface area contributed by atoms with Gasteiger partial charge < -0.3 is 37.6 Å². The number of carboxylic acid groups (broad SMARTS) is 2. The van der Waals surface area contributed by atoms with E-state index in [0.717, 1.165) is 0 Å². The van der Waals surface area contributed by atoms with Crippen LogP contribution in [0.3, 0.4) is 0 Å². The van der Waals surface area contributed by atoms with Crippen LogP contribution in [0.2, 0.25) is 0 Å². The molecule has 0 aliphatic heterocycles. The lowest BCUT2D eigenvalue weighted by atomic mass is 10.3. The summed E-state index contributed by atoms with van der Waals surface area (Å²) in [6, 6.07) is -2.97. The number of primary amides is 1. The van der Waals surface area contributed by atoms with Crippen molar-refractivity contribution in [3.8, 4) is 0 Å². The Bertz CT molecular complexity index is 255. The third-order valence-electron chi connectivity index (χ3n) is 1.17. The van der Waals surface area contributed by atoms with Crippen LogP contribution >= 0.6 is 0 Å². The predicted molar refractivity (Wildman–Crippen MR) is 62.3 cm³/mol. The fraction of sp³-hybridized carbons (Fsp3) is 0.571. The van der Waals surface area contributed by atoms with Crippen molar-refractivity contribution in [3.63, 3.8) is 0 Å². The molecule has 0 spiro atoms. The van der Waals surface area contributed by atoms with E-state index in [-0.39, 0.29) is 0 Å². The van der Waals surface area contributed by atoms with Crippen LogP contribution < -0.4 is 28.5 Å². The third kappa shape index (κ3) is 21.8. The van der Waals surface area contributed by atoms with Crippen LogP contribution in [0.1, 0.15) is 0 Å². The minimum absolute atomic E-state index is 0.505. The van der Waals surface area contributed by atoms with Crippen molar-refractivity contribution in [3.05, 3.63) is 0 Å². The topological polar surface area (TPSA) is 248 Å². The standard InChI is InChI=1S/2C3H7NO3.CH5N3O/c2*4-2(1-5)3(6)7;2-1(5)4-3/h2*2,5H,1,4H2,(H,6,7);3H2,(H3,2,4,5)/t2*2-;/m00./s1. The molecule has 0 aromatic heterocycles. The summed E-state index contributed by atoms with van der Waals surface area (Å²) in [6.07, 6.45) is 0. The van der Waals surface area contributed by atoms with Crippen LogP contribution in [0, 0.1) is 0 Å². The van der Waals surface area contributed by atoms with Gasteiger partial charge in [0, 0.05) is 0 Å². The Morgan fingerprint density at radius 3 is 1.16 bits per heavy atom. The number of hydrazine groups is 1. The first-order valence-electron chi connectivity index (χ1n) is 4.58. The molecular weight excluding hydrogens is 266 g/mol. The smallest absolute Gasteiger partial charge is 0.326 e. The molecule has 0 heterocycles. The number of urea groups is 1. The summed E-state index contributed by atoms with van der Waals surface area (Å²) in [4.78, 5) is 28.6. The van der Waals surface area contributed by atoms with Crippen molar-refractivity contribution < 1.29 is 34.8 Å². The molecule has 0 rings (SSSR count). The third-order valence-corrected chi connectivity index (χ3v) is 1.17. The molecule has 0 fully saturated rings. The number of amides is 2. The number of nitrogens with two attached hydrogens (primary N) is 4. The highest BCUT2D eigenvalue weighted by Gasteiger charge is 2.07. The molecular formula is C7H19N5O7. The van der Waals surface area contributed by atoms with Crippen molar-refractivity contribution in [1.29, 1.82) is 0 Å². The number of aliphatic carboxylic acids is 2. The van der Waals surface area contributed by atoms with Gasteiger partial charge in [-0.3, -0.25) is 15.0 Å². The summed E-state index contributed by atoms with van der Waals surface area (Å²) >= 11 is 0. The molecule has 0 radical (unpaired) electrons. The van der Waals surface area contributed by atoms with Crippen LogP contribution in [-0.2, 0) is 9.59 Å². The molecule has 0 aromatic carbocycles. The van der Waals surface area contributed by atoms with E-state index >= 15 is 0 Å². The highest BCUT2D eigenvalue weighted by molar-refractivity contribution is 5.73. The molecule has 13 N–H and O–H groups in total. The summed E-state index contributed by atoms with van der Waals surface area (Å²) < 4.78 is 0. The normalized spacial score (nSPS) is 11.6. The molecule has 0 aliphatic rings. The van der Waals surface area contributed by atoms with Crippen LogP contribution in [0.15, 0.2) is 0 Å². The molecule has 114 valence electrons. The van der Waals surface area contributed by atoms with Gasteiger partial charge in [-0.15, -0.1) is 0 Å². The van der Waals surface area contributed by atoms with Gasteiger partial charge in [0.15, 0.2) is 0 Å². The second kappa shape index (κ2) is 14.1. The molecule has 0 aromatic rings. The monoisotopic (exact) mass is 285 g/mol. The van der Waals surface area contributed by atoms with Crippen molar-refractivity contribution in [2.24, 2.45) is 23.0 Å². The number of carbonyl (C=O) groups is 3. The van der Waals surface area contributed by atoms with Crippen LogP contribution in [0.25, 0.3) is 0 Å². The second-order valence-corrected chi connectivity index (χ2v) is 2.76. The fourth-order valence-corrected chi connectivity index (χ4v) is 0.156. The van der Waals surface area contributed by atoms with Gasteiger partial charge in [0.25, 0.3) is 0 Å². The second-order valence-electron chi connectivity index (χ2n) is 2.76. The number of hydrogen-bond acceptors (Lipinski definition) is 8. The van der Waals surface area contributed by atoms with Crippen LogP contribution in [-0.4, -0.2) is 63.7 Å². The lowest BCUT2D eigenvalue weighted by Crippen LogP contribution is -2.34. The molecule has 12 heteroatoms. The predicted octanol–water partition coefficient (Wildman–Crippen LogP) is -4.69. The van der Waals surface area contributed by atoms with E-state index in [9.17, 15) is 14.4 Å². The van der Waals surface area contributed by atoms with Gasteiger partial charge in [-0.1, -0.05) is 0 Å². The molecule has 0 bridgehead atoms. The summed E-state index contributed by atoms with van der Waals surface area (Å²) in [5, 5.41) is 31.8. The van der Waals surface area contributed by atoms with Gasteiger partial charge in [0.05, 0.1) is 13.2 Å². The number of hydrogen-bond donors (Lipinski definition) is 9. The van der Waals surface area contributed by atoms with Crippen molar-refractivity contribution in [1.82, 2.24) is 5.43 Å². The minimum Gasteiger partial charge on any atom is -0.480 e. The van der Waals surface area contributed by atoms with E-state index in [2.05, 4.69) is 11.6 Å². The first-order valence-corrected chi connectivity index (χ1v) is 4.58. The van der Waals surface area contributed by atoms with E-state index in [1.807, 2.05) is 0 Å². The maximum absolute atomic E-state index is 9.65. The minimum atomic E-state index is -1.18. The van der Waals surface area contributed by atoms with Gasteiger partial charge in [-0.05, 0) is 0 Å². The van der Waals surface area contributed by atoms with Gasteiger partial charge in [-0.25, -0.2) is 10.6 Å². The first kappa shape index (κ1) is 22.2. The molecule has 0 saturated heterocycles. The van der Waals surface area contributed by atoms with Crippen LogP contribution in [0.4, 0.5) is 4.79 Å². The van der Waals surface area contributed by atoms with Crippen LogP contribution in [0.5, 0.6) is 0 Å². The van der Waals surface area contributed by atoms with E-state index in [0.29, 0.717) is 0 Å². The zero-order valence-electron chi connectivity index (χ0n) is 9.89. The van der Waals surface area contributed by atoms with Gasteiger partial charge in [0.1, 0.15) is 12.1 Å². The Morgan fingerprint density at radius 2 is 1.16 bits per heavy atom. The lowest BCUT2D eigenvalue weighted by Gasteiger charge is -1.96. The number of carboxylic acids is 2. The van der Waals surface area contributed by atoms with E-state index in [4.69, 9.17) is 31.9 Å². The Balaban J connectivity index is -0.000000206. The Kier molecular flexibility index (Phi) is 16.5. The molecule has 12 nitrogen and oxygen atoms in total. The molecule has 19 heavy (non-hydrogen) atoms. The average Bonchev–Trinajstić information content (AvgIpc) is 2.37. The van der Waals surface area contributed by atoms with Gasteiger partial charge >= 0.3 is 18.0 Å². The molecule has 0 saturated carbocycles. The molecule has 0 unspecified atom stereocenters. The molecule has 0 aliphatic carbocycles. The highest BCUT2D eigenvalue weighted by atomic mass is 16.4. The summed E-state index contributed by atoms with van der Waals surface area (Å²) in [5.74, 6) is 2.09. The highest BCUT2D eigenvalue weighted by Crippen LogP contribution is 1.71. The number of aliphatic hydroxyl groups is 2. The number of rotatable bonds is 4. The largest absolute Gasteiger partial charge is 0.480 e. The maximum atomic E-state index is 9.65. The zero-order valence-corrected chi connectivity index (χ0v) is 9.89. The Hall–Kier alpha value is -1.99. The summed E-state index contributed by atoms with van der Waals surface area (Å²) in [6.45, 7) is -1.01. The fourth-order valence-electron chi connectivity index (χ4n) is 0.156. The maximum Gasteiger partial charge on any atom is 0.326 e. The Labute approximate surface area is 107 Å². The van der Waals surface area contributed by atoms with Gasteiger partial charge in [-0.2, -0.15) is 0 Å². The van der Waals surface area contributed by atoms with Crippen molar-refractivity contribution >= 4 is 18.0 Å². The SMILES string of the molecule is NNC(N)=O.N[C@@H](CO)C(=O)O.N[C@@H](CO)C(=O)O.